The minimum absolute atomic E-state index is 0.0317. The standard InChI is InChI=1S/C13H12ClN3O3S/c1-6(15)12-17-10(5-21-12)11(18)16-9-4-7(13(19)20)2-3-8(9)14/h2-6H,15H2,1H3,(H,16,18)(H,19,20). The number of carbonyl (C=O) groups excluding carboxylic acids is 1. The SMILES string of the molecule is CC(N)c1nc(C(=O)Nc2cc(C(=O)O)ccc2Cl)cs1. The first-order valence-corrected chi connectivity index (χ1v) is 7.19. The Balaban J connectivity index is 2.22. The molecule has 0 aliphatic carbocycles. The van der Waals surface area contributed by atoms with Gasteiger partial charge in [0.25, 0.3) is 5.91 Å². The Hall–Kier alpha value is -1.96. The summed E-state index contributed by atoms with van der Waals surface area (Å²) >= 11 is 7.23. The number of amides is 1. The number of anilines is 1. The quantitative estimate of drug-likeness (QED) is 0.801. The minimum atomic E-state index is -1.10. The lowest BCUT2D eigenvalue weighted by Gasteiger charge is -2.07. The number of rotatable bonds is 4. The number of hydrogen-bond donors (Lipinski definition) is 3. The smallest absolute Gasteiger partial charge is 0.335 e. The molecule has 2 rings (SSSR count). The highest BCUT2D eigenvalue weighted by molar-refractivity contribution is 7.09. The molecule has 1 heterocycles. The van der Waals surface area contributed by atoms with Crippen molar-refractivity contribution in [1.29, 1.82) is 0 Å². The molecule has 0 radical (unpaired) electrons. The molecule has 1 unspecified atom stereocenters. The van der Waals surface area contributed by atoms with E-state index in [1.54, 1.807) is 12.3 Å². The van der Waals surface area contributed by atoms with Crippen LogP contribution < -0.4 is 11.1 Å². The molecular formula is C13H12ClN3O3S. The minimum Gasteiger partial charge on any atom is -0.478 e. The molecule has 21 heavy (non-hydrogen) atoms. The zero-order valence-corrected chi connectivity index (χ0v) is 12.5. The summed E-state index contributed by atoms with van der Waals surface area (Å²) < 4.78 is 0. The number of nitrogens with two attached hydrogens (primary N) is 1. The Labute approximate surface area is 129 Å². The second-order valence-electron chi connectivity index (χ2n) is 4.31. The molecule has 0 saturated carbocycles. The van der Waals surface area contributed by atoms with E-state index in [1.165, 1.54) is 29.5 Å². The van der Waals surface area contributed by atoms with Crippen LogP contribution >= 0.6 is 22.9 Å². The fourth-order valence-electron chi connectivity index (χ4n) is 1.54. The molecule has 1 atom stereocenters. The van der Waals surface area contributed by atoms with Gasteiger partial charge in [0.2, 0.25) is 0 Å². The molecular weight excluding hydrogens is 314 g/mol. The van der Waals surface area contributed by atoms with Gasteiger partial charge in [0, 0.05) is 5.38 Å². The molecule has 6 nitrogen and oxygen atoms in total. The Morgan fingerprint density at radius 2 is 2.19 bits per heavy atom. The van der Waals surface area contributed by atoms with E-state index in [1.807, 2.05) is 0 Å². The first-order chi connectivity index (χ1) is 9.88. The number of aromatic nitrogens is 1. The Kier molecular flexibility index (Phi) is 4.56. The number of carboxylic acids is 1. The molecule has 0 spiro atoms. The van der Waals surface area contributed by atoms with Crippen LogP contribution in [0.2, 0.25) is 5.02 Å². The summed E-state index contributed by atoms with van der Waals surface area (Å²) in [6.07, 6.45) is 0. The number of hydrogen-bond acceptors (Lipinski definition) is 5. The number of carbonyl (C=O) groups is 2. The maximum Gasteiger partial charge on any atom is 0.335 e. The van der Waals surface area contributed by atoms with Gasteiger partial charge in [-0.05, 0) is 25.1 Å². The molecule has 8 heteroatoms. The summed E-state index contributed by atoms with van der Waals surface area (Å²) in [4.78, 5) is 27.1. The van der Waals surface area contributed by atoms with Crippen molar-refractivity contribution in [3.63, 3.8) is 0 Å². The lowest BCUT2D eigenvalue weighted by molar-refractivity contribution is 0.0696. The Bertz CT molecular complexity index is 700. The topological polar surface area (TPSA) is 105 Å². The number of benzene rings is 1. The van der Waals surface area contributed by atoms with E-state index in [4.69, 9.17) is 22.4 Å². The molecule has 1 amide bonds. The summed E-state index contributed by atoms with van der Waals surface area (Å²) in [5.41, 5.74) is 6.15. The largest absolute Gasteiger partial charge is 0.478 e. The van der Waals surface area contributed by atoms with Gasteiger partial charge < -0.3 is 16.2 Å². The van der Waals surface area contributed by atoms with E-state index in [0.29, 0.717) is 5.01 Å². The number of halogens is 1. The zero-order valence-electron chi connectivity index (χ0n) is 11.0. The monoisotopic (exact) mass is 325 g/mol. The summed E-state index contributed by atoms with van der Waals surface area (Å²) in [5, 5.41) is 14.0. The predicted octanol–water partition coefficient (Wildman–Crippen LogP) is 2.77. The molecule has 0 saturated heterocycles. The van der Waals surface area contributed by atoms with Crippen LogP contribution in [0.3, 0.4) is 0 Å². The third-order valence-electron chi connectivity index (χ3n) is 2.61. The molecule has 1 aromatic heterocycles. The number of aromatic carboxylic acids is 1. The lowest BCUT2D eigenvalue weighted by Crippen LogP contribution is -2.14. The summed E-state index contributed by atoms with van der Waals surface area (Å²) in [6, 6.07) is 3.81. The van der Waals surface area contributed by atoms with Gasteiger partial charge >= 0.3 is 5.97 Å². The molecule has 0 bridgehead atoms. The maximum absolute atomic E-state index is 12.1. The van der Waals surface area contributed by atoms with E-state index in [0.717, 1.165) is 0 Å². The van der Waals surface area contributed by atoms with Crippen molar-refractivity contribution < 1.29 is 14.7 Å². The molecule has 4 N–H and O–H groups in total. The number of carboxylic acid groups (broad SMARTS) is 1. The van der Waals surface area contributed by atoms with Crippen molar-refractivity contribution in [2.75, 3.05) is 5.32 Å². The summed E-state index contributed by atoms with van der Waals surface area (Å²) in [7, 11) is 0. The van der Waals surface area contributed by atoms with Crippen LogP contribution in [0.4, 0.5) is 5.69 Å². The van der Waals surface area contributed by atoms with Crippen LogP contribution in [-0.4, -0.2) is 22.0 Å². The van der Waals surface area contributed by atoms with Crippen molar-refractivity contribution >= 4 is 40.5 Å². The van der Waals surface area contributed by atoms with Crippen LogP contribution in [0.25, 0.3) is 0 Å². The average molecular weight is 326 g/mol. The van der Waals surface area contributed by atoms with Crippen LogP contribution in [0.15, 0.2) is 23.6 Å². The van der Waals surface area contributed by atoms with Gasteiger partial charge in [-0.15, -0.1) is 11.3 Å². The lowest BCUT2D eigenvalue weighted by atomic mass is 10.2. The molecule has 0 fully saturated rings. The van der Waals surface area contributed by atoms with Crippen LogP contribution in [-0.2, 0) is 0 Å². The van der Waals surface area contributed by atoms with E-state index < -0.39 is 11.9 Å². The van der Waals surface area contributed by atoms with Gasteiger partial charge in [-0.2, -0.15) is 0 Å². The molecule has 1 aromatic carbocycles. The van der Waals surface area contributed by atoms with E-state index >= 15 is 0 Å². The van der Waals surface area contributed by atoms with E-state index in [-0.39, 0.29) is 28.0 Å². The van der Waals surface area contributed by atoms with Crippen molar-refractivity contribution in [1.82, 2.24) is 4.98 Å². The third-order valence-corrected chi connectivity index (χ3v) is 3.98. The van der Waals surface area contributed by atoms with E-state index in [9.17, 15) is 9.59 Å². The van der Waals surface area contributed by atoms with Gasteiger partial charge in [0.1, 0.15) is 10.7 Å². The fraction of sp³-hybridized carbons (Fsp3) is 0.154. The zero-order chi connectivity index (χ0) is 15.6. The average Bonchev–Trinajstić information content (AvgIpc) is 2.90. The number of nitrogens with zero attached hydrogens (tertiary/aromatic N) is 1. The normalized spacial score (nSPS) is 12.0. The molecule has 0 aliphatic heterocycles. The van der Waals surface area contributed by atoms with Gasteiger partial charge in [-0.3, -0.25) is 4.79 Å². The second kappa shape index (κ2) is 6.21. The van der Waals surface area contributed by atoms with Gasteiger partial charge in [-0.25, -0.2) is 9.78 Å². The fourth-order valence-corrected chi connectivity index (χ4v) is 2.46. The van der Waals surface area contributed by atoms with Crippen molar-refractivity contribution in [2.24, 2.45) is 5.73 Å². The summed E-state index contributed by atoms with van der Waals surface area (Å²) in [5.74, 6) is -1.57. The van der Waals surface area contributed by atoms with Crippen LogP contribution in [0, 0.1) is 0 Å². The van der Waals surface area contributed by atoms with E-state index in [2.05, 4.69) is 10.3 Å². The molecule has 0 aliphatic rings. The maximum atomic E-state index is 12.1. The first kappa shape index (κ1) is 15.4. The molecule has 110 valence electrons. The van der Waals surface area contributed by atoms with Crippen molar-refractivity contribution in [2.45, 2.75) is 13.0 Å². The van der Waals surface area contributed by atoms with Crippen molar-refractivity contribution in [3.05, 3.63) is 44.9 Å². The van der Waals surface area contributed by atoms with Crippen molar-refractivity contribution in [3.8, 4) is 0 Å². The highest BCUT2D eigenvalue weighted by Gasteiger charge is 2.15. The number of nitrogens with one attached hydrogen (secondary N) is 1. The highest BCUT2D eigenvalue weighted by atomic mass is 35.5. The highest BCUT2D eigenvalue weighted by Crippen LogP contribution is 2.24. The number of thiazole rings is 1. The second-order valence-corrected chi connectivity index (χ2v) is 5.61. The third kappa shape index (κ3) is 3.57. The molecule has 2 aromatic rings. The Morgan fingerprint density at radius 3 is 2.76 bits per heavy atom. The first-order valence-electron chi connectivity index (χ1n) is 5.93. The Morgan fingerprint density at radius 1 is 1.48 bits per heavy atom. The van der Waals surface area contributed by atoms with Crippen LogP contribution in [0.1, 0.15) is 38.8 Å². The van der Waals surface area contributed by atoms with Gasteiger partial charge in [-0.1, -0.05) is 11.6 Å². The van der Waals surface area contributed by atoms with Gasteiger partial charge in [0.05, 0.1) is 22.3 Å². The summed E-state index contributed by atoms with van der Waals surface area (Å²) in [6.45, 7) is 1.77. The predicted molar refractivity (Wildman–Crippen MR) is 81.1 cm³/mol. The van der Waals surface area contributed by atoms with Gasteiger partial charge in [0.15, 0.2) is 0 Å². The van der Waals surface area contributed by atoms with Crippen LogP contribution in [0.5, 0.6) is 0 Å².